The SMILES string of the molecule is CCCC(C)(OC(=O)CC)c1ccc(Cl)c(F)c1. The van der Waals surface area contributed by atoms with E-state index in [1.165, 1.54) is 12.1 Å². The van der Waals surface area contributed by atoms with E-state index in [9.17, 15) is 9.18 Å². The molecule has 0 heterocycles. The molecular formula is C14H18ClFO2. The molecule has 1 atom stereocenters. The number of halogens is 2. The molecule has 0 spiro atoms. The Labute approximate surface area is 112 Å². The summed E-state index contributed by atoms with van der Waals surface area (Å²) in [6, 6.07) is 4.52. The van der Waals surface area contributed by atoms with E-state index in [2.05, 4.69) is 0 Å². The molecule has 1 rings (SSSR count). The number of esters is 1. The summed E-state index contributed by atoms with van der Waals surface area (Å²) in [5, 5.41) is 0.0689. The molecular weight excluding hydrogens is 255 g/mol. The van der Waals surface area contributed by atoms with Crippen LogP contribution in [0.2, 0.25) is 5.02 Å². The first kappa shape index (κ1) is 15.0. The van der Waals surface area contributed by atoms with Gasteiger partial charge in [-0.05, 0) is 31.0 Å². The summed E-state index contributed by atoms with van der Waals surface area (Å²) in [4.78, 5) is 11.5. The Bertz CT molecular complexity index is 434. The number of carbonyl (C=O) groups excluding carboxylic acids is 1. The molecule has 1 unspecified atom stereocenters. The van der Waals surface area contributed by atoms with Gasteiger partial charge in [-0.25, -0.2) is 4.39 Å². The smallest absolute Gasteiger partial charge is 0.306 e. The molecule has 0 radical (unpaired) electrons. The fraction of sp³-hybridized carbons (Fsp3) is 0.500. The van der Waals surface area contributed by atoms with Gasteiger partial charge in [-0.2, -0.15) is 0 Å². The molecule has 0 aliphatic heterocycles. The van der Waals surface area contributed by atoms with Gasteiger partial charge in [0.15, 0.2) is 0 Å². The van der Waals surface area contributed by atoms with Crippen LogP contribution in [0.4, 0.5) is 4.39 Å². The third-order valence-corrected chi connectivity index (χ3v) is 3.19. The predicted octanol–water partition coefficient (Wildman–Crippen LogP) is 4.45. The zero-order chi connectivity index (χ0) is 13.8. The van der Waals surface area contributed by atoms with Gasteiger partial charge in [0.25, 0.3) is 0 Å². The zero-order valence-corrected chi connectivity index (χ0v) is 11.7. The molecule has 0 aliphatic rings. The second-order valence-corrected chi connectivity index (χ2v) is 4.84. The molecule has 0 amide bonds. The summed E-state index contributed by atoms with van der Waals surface area (Å²) in [6.07, 6.45) is 1.77. The van der Waals surface area contributed by atoms with Gasteiger partial charge < -0.3 is 4.74 Å². The van der Waals surface area contributed by atoms with Gasteiger partial charge in [0, 0.05) is 6.42 Å². The highest BCUT2D eigenvalue weighted by atomic mass is 35.5. The summed E-state index contributed by atoms with van der Waals surface area (Å²) in [5.41, 5.74) is -0.166. The van der Waals surface area contributed by atoms with Crippen molar-refractivity contribution in [3.8, 4) is 0 Å². The first-order valence-electron chi connectivity index (χ1n) is 6.10. The van der Waals surface area contributed by atoms with Crippen LogP contribution in [0.3, 0.4) is 0 Å². The Morgan fingerprint density at radius 1 is 1.44 bits per heavy atom. The van der Waals surface area contributed by atoms with Crippen LogP contribution in [0, 0.1) is 5.82 Å². The second kappa shape index (κ2) is 6.19. The molecule has 2 nitrogen and oxygen atoms in total. The molecule has 100 valence electrons. The highest BCUT2D eigenvalue weighted by Crippen LogP contribution is 2.32. The number of rotatable bonds is 5. The molecule has 18 heavy (non-hydrogen) atoms. The molecule has 1 aromatic carbocycles. The van der Waals surface area contributed by atoms with Gasteiger partial charge >= 0.3 is 5.97 Å². The fourth-order valence-corrected chi connectivity index (χ4v) is 2.00. The van der Waals surface area contributed by atoms with Crippen molar-refractivity contribution in [1.82, 2.24) is 0 Å². The summed E-state index contributed by atoms with van der Waals surface area (Å²) >= 11 is 5.66. The van der Waals surface area contributed by atoms with Crippen molar-refractivity contribution in [2.24, 2.45) is 0 Å². The zero-order valence-electron chi connectivity index (χ0n) is 10.9. The Morgan fingerprint density at radius 2 is 2.11 bits per heavy atom. The van der Waals surface area contributed by atoms with Crippen LogP contribution in [0.15, 0.2) is 18.2 Å². The Hall–Kier alpha value is -1.09. The van der Waals surface area contributed by atoms with Crippen molar-refractivity contribution < 1.29 is 13.9 Å². The van der Waals surface area contributed by atoms with Crippen LogP contribution >= 0.6 is 11.6 Å². The molecule has 0 bridgehead atoms. The van der Waals surface area contributed by atoms with E-state index >= 15 is 0 Å². The lowest BCUT2D eigenvalue weighted by Gasteiger charge is -2.30. The van der Waals surface area contributed by atoms with Gasteiger partial charge in [-0.15, -0.1) is 0 Å². The first-order chi connectivity index (χ1) is 8.42. The second-order valence-electron chi connectivity index (χ2n) is 4.44. The molecule has 0 aromatic heterocycles. The van der Waals surface area contributed by atoms with E-state index in [1.54, 1.807) is 19.9 Å². The Balaban J connectivity index is 3.09. The van der Waals surface area contributed by atoms with Gasteiger partial charge in [0.2, 0.25) is 0 Å². The molecule has 0 saturated heterocycles. The number of hydrogen-bond acceptors (Lipinski definition) is 2. The van der Waals surface area contributed by atoms with E-state index < -0.39 is 11.4 Å². The van der Waals surface area contributed by atoms with E-state index in [4.69, 9.17) is 16.3 Å². The highest BCUT2D eigenvalue weighted by molar-refractivity contribution is 6.30. The van der Waals surface area contributed by atoms with Gasteiger partial charge in [-0.3, -0.25) is 4.79 Å². The number of carbonyl (C=O) groups is 1. The van der Waals surface area contributed by atoms with Crippen molar-refractivity contribution >= 4 is 17.6 Å². The predicted molar refractivity (Wildman–Crippen MR) is 70.1 cm³/mol. The minimum absolute atomic E-state index is 0.0689. The highest BCUT2D eigenvalue weighted by Gasteiger charge is 2.30. The normalized spacial score (nSPS) is 14.1. The van der Waals surface area contributed by atoms with Crippen molar-refractivity contribution in [1.29, 1.82) is 0 Å². The standard InChI is InChI=1S/C14H18ClFO2/c1-4-8-14(3,18-13(17)5-2)10-6-7-11(15)12(16)9-10/h6-7,9H,4-5,8H2,1-3H3. The van der Waals surface area contributed by atoms with Crippen LogP contribution in [-0.4, -0.2) is 5.97 Å². The average Bonchev–Trinajstić information content (AvgIpc) is 2.32. The maximum absolute atomic E-state index is 13.5. The van der Waals surface area contributed by atoms with Crippen molar-refractivity contribution in [2.75, 3.05) is 0 Å². The van der Waals surface area contributed by atoms with E-state index in [-0.39, 0.29) is 11.0 Å². The molecule has 1 aromatic rings. The first-order valence-corrected chi connectivity index (χ1v) is 6.48. The van der Waals surface area contributed by atoms with Crippen molar-refractivity contribution in [3.05, 3.63) is 34.6 Å². The lowest BCUT2D eigenvalue weighted by molar-refractivity contribution is -0.159. The van der Waals surface area contributed by atoms with Crippen LogP contribution in [-0.2, 0) is 15.1 Å². The van der Waals surface area contributed by atoms with Crippen LogP contribution in [0.5, 0.6) is 0 Å². The fourth-order valence-electron chi connectivity index (χ4n) is 1.88. The van der Waals surface area contributed by atoms with Gasteiger partial charge in [0.1, 0.15) is 11.4 Å². The summed E-state index contributed by atoms with van der Waals surface area (Å²) in [5.74, 6) is -0.787. The Kier molecular flexibility index (Phi) is 5.15. The monoisotopic (exact) mass is 272 g/mol. The lowest BCUT2D eigenvalue weighted by Crippen LogP contribution is -2.29. The van der Waals surface area contributed by atoms with Crippen LogP contribution in [0.1, 0.15) is 45.6 Å². The summed E-state index contributed by atoms with van der Waals surface area (Å²) < 4.78 is 19.0. The molecule has 4 heteroatoms. The van der Waals surface area contributed by atoms with Crippen LogP contribution < -0.4 is 0 Å². The Morgan fingerprint density at radius 3 is 2.61 bits per heavy atom. The van der Waals surface area contributed by atoms with Crippen molar-refractivity contribution in [3.63, 3.8) is 0 Å². The van der Waals surface area contributed by atoms with Crippen molar-refractivity contribution in [2.45, 2.75) is 45.6 Å². The number of ether oxygens (including phenoxy) is 1. The molecule has 0 aliphatic carbocycles. The van der Waals surface area contributed by atoms with Gasteiger partial charge in [0.05, 0.1) is 5.02 Å². The molecule has 0 fully saturated rings. The van der Waals surface area contributed by atoms with Gasteiger partial charge in [-0.1, -0.05) is 37.9 Å². The van der Waals surface area contributed by atoms with E-state index in [1.807, 2.05) is 6.92 Å². The van der Waals surface area contributed by atoms with E-state index in [0.717, 1.165) is 6.42 Å². The maximum Gasteiger partial charge on any atom is 0.306 e. The quantitative estimate of drug-likeness (QED) is 0.741. The maximum atomic E-state index is 13.5. The average molecular weight is 273 g/mol. The summed E-state index contributed by atoms with van der Waals surface area (Å²) in [6.45, 7) is 5.52. The summed E-state index contributed by atoms with van der Waals surface area (Å²) in [7, 11) is 0. The number of hydrogen-bond donors (Lipinski definition) is 0. The molecule has 0 saturated carbocycles. The number of benzene rings is 1. The lowest BCUT2D eigenvalue weighted by atomic mass is 9.91. The third kappa shape index (κ3) is 3.45. The molecule has 0 N–H and O–H groups in total. The third-order valence-electron chi connectivity index (χ3n) is 2.89. The minimum Gasteiger partial charge on any atom is -0.454 e. The van der Waals surface area contributed by atoms with E-state index in [0.29, 0.717) is 18.4 Å². The van der Waals surface area contributed by atoms with Crippen LogP contribution in [0.25, 0.3) is 0 Å². The minimum atomic E-state index is -0.798. The largest absolute Gasteiger partial charge is 0.454 e. The topological polar surface area (TPSA) is 26.3 Å².